The van der Waals surface area contributed by atoms with Crippen LogP contribution in [0.2, 0.25) is 0 Å². The number of hydrogen-bond donors (Lipinski definition) is 1. The van der Waals surface area contributed by atoms with E-state index in [4.69, 9.17) is 4.98 Å². The van der Waals surface area contributed by atoms with Gasteiger partial charge in [-0.25, -0.2) is 4.98 Å². The van der Waals surface area contributed by atoms with Crippen molar-refractivity contribution in [3.05, 3.63) is 66.1 Å². The molecule has 1 fully saturated rings. The molecule has 4 heterocycles. The quantitative estimate of drug-likeness (QED) is 0.510. The average Bonchev–Trinajstić information content (AvgIpc) is 3.37. The first kappa shape index (κ1) is 17.6. The van der Waals surface area contributed by atoms with Crippen LogP contribution >= 0.6 is 0 Å². The van der Waals surface area contributed by atoms with Gasteiger partial charge in [-0.2, -0.15) is 0 Å². The van der Waals surface area contributed by atoms with Crippen LogP contribution in [0.25, 0.3) is 21.9 Å². The van der Waals surface area contributed by atoms with Crippen molar-refractivity contribution < 1.29 is 4.79 Å². The second kappa shape index (κ2) is 6.94. The van der Waals surface area contributed by atoms with Crippen LogP contribution in [0.5, 0.6) is 0 Å². The Balaban J connectivity index is 1.44. The van der Waals surface area contributed by atoms with Crippen molar-refractivity contribution in [3.8, 4) is 0 Å². The summed E-state index contributed by atoms with van der Waals surface area (Å²) in [6.07, 6.45) is 9.78. The fourth-order valence-electron chi connectivity index (χ4n) is 5.40. The molecule has 3 aromatic heterocycles. The third-order valence-electron chi connectivity index (χ3n) is 6.84. The lowest BCUT2D eigenvalue weighted by Gasteiger charge is -2.27. The van der Waals surface area contributed by atoms with Crippen molar-refractivity contribution in [1.29, 1.82) is 0 Å². The molecule has 1 atom stereocenters. The summed E-state index contributed by atoms with van der Waals surface area (Å²) < 4.78 is 0. The highest BCUT2D eigenvalue weighted by atomic mass is 16.2. The van der Waals surface area contributed by atoms with Gasteiger partial charge >= 0.3 is 0 Å². The molecule has 1 aliphatic carbocycles. The minimum atomic E-state index is -0.0675. The smallest absolute Gasteiger partial charge is 0.235 e. The number of para-hydroxylation sites is 1. The van der Waals surface area contributed by atoms with Crippen molar-refractivity contribution in [2.45, 2.75) is 44.6 Å². The molecular weight excluding hydrogens is 372 g/mol. The Morgan fingerprint density at radius 1 is 1.03 bits per heavy atom. The van der Waals surface area contributed by atoms with Crippen LogP contribution < -0.4 is 4.90 Å². The molecule has 1 N–H and O–H groups in total. The molecule has 2 aliphatic rings. The lowest BCUT2D eigenvalue weighted by atomic mass is 9.77. The zero-order chi connectivity index (χ0) is 20.1. The van der Waals surface area contributed by atoms with E-state index in [1.165, 1.54) is 24.8 Å². The molecule has 1 aliphatic heterocycles. The largest absolute Gasteiger partial charge is 0.346 e. The van der Waals surface area contributed by atoms with Crippen LogP contribution in [0.4, 0.5) is 5.69 Å². The predicted molar refractivity (Wildman–Crippen MR) is 118 cm³/mol. The number of aromatic amines is 1. The molecule has 5 nitrogen and oxygen atoms in total. The van der Waals surface area contributed by atoms with Gasteiger partial charge in [-0.1, -0.05) is 43.5 Å². The molecule has 1 aromatic carbocycles. The summed E-state index contributed by atoms with van der Waals surface area (Å²) >= 11 is 0. The molecule has 6 rings (SSSR count). The summed E-state index contributed by atoms with van der Waals surface area (Å²) in [5.74, 6) is 0.560. The molecule has 0 bridgehead atoms. The maximum atomic E-state index is 13.8. The molecule has 0 spiro atoms. The van der Waals surface area contributed by atoms with Gasteiger partial charge in [0.25, 0.3) is 0 Å². The topological polar surface area (TPSA) is 61.9 Å². The highest BCUT2D eigenvalue weighted by Gasteiger charge is 2.43. The number of nitrogens with zero attached hydrogens (tertiary/aromatic N) is 3. The van der Waals surface area contributed by atoms with Gasteiger partial charge in [0.2, 0.25) is 5.91 Å². The molecule has 1 amide bonds. The maximum Gasteiger partial charge on any atom is 0.235 e. The Hall–Kier alpha value is -3.21. The van der Waals surface area contributed by atoms with E-state index in [-0.39, 0.29) is 11.8 Å². The summed E-state index contributed by atoms with van der Waals surface area (Å²) in [5, 5.41) is 2.20. The van der Waals surface area contributed by atoms with Crippen LogP contribution in [-0.2, 0) is 11.3 Å². The van der Waals surface area contributed by atoms with Crippen LogP contribution in [-0.4, -0.2) is 20.9 Å². The zero-order valence-corrected chi connectivity index (χ0v) is 16.8. The van der Waals surface area contributed by atoms with Gasteiger partial charge in [-0.3, -0.25) is 9.78 Å². The number of rotatable bonds is 3. The third kappa shape index (κ3) is 2.72. The molecule has 30 heavy (non-hydrogen) atoms. The molecular formula is C25H24N4O. The lowest BCUT2D eigenvalue weighted by molar-refractivity contribution is -0.120. The first-order chi connectivity index (χ1) is 14.8. The van der Waals surface area contributed by atoms with Gasteiger partial charge in [0.1, 0.15) is 5.65 Å². The summed E-state index contributed by atoms with van der Waals surface area (Å²) in [7, 11) is 0. The van der Waals surface area contributed by atoms with E-state index in [9.17, 15) is 4.79 Å². The molecule has 4 aromatic rings. The number of hydrogen-bond acceptors (Lipinski definition) is 3. The van der Waals surface area contributed by atoms with E-state index < -0.39 is 0 Å². The normalized spacial score (nSPS) is 19.7. The van der Waals surface area contributed by atoms with E-state index in [1.807, 2.05) is 41.6 Å². The molecule has 1 unspecified atom stereocenters. The molecule has 0 radical (unpaired) electrons. The number of carbonyl (C=O) groups is 1. The Labute approximate surface area is 175 Å². The van der Waals surface area contributed by atoms with Crippen molar-refractivity contribution >= 4 is 33.5 Å². The van der Waals surface area contributed by atoms with Gasteiger partial charge in [0, 0.05) is 22.5 Å². The number of benzene rings is 1. The molecule has 5 heteroatoms. The van der Waals surface area contributed by atoms with Crippen molar-refractivity contribution in [2.24, 2.45) is 5.92 Å². The van der Waals surface area contributed by atoms with E-state index in [0.717, 1.165) is 46.2 Å². The number of pyridine rings is 2. The van der Waals surface area contributed by atoms with E-state index in [0.29, 0.717) is 12.5 Å². The fraction of sp³-hybridized carbons (Fsp3) is 0.320. The monoisotopic (exact) mass is 396 g/mol. The molecule has 0 saturated heterocycles. The SMILES string of the molecule is O=C1C(C2CCCCC2)c2c(cnc3[nH]ccc23)N1Cc1ccc2ccccc2n1. The van der Waals surface area contributed by atoms with E-state index in [2.05, 4.69) is 28.2 Å². The first-order valence-electron chi connectivity index (χ1n) is 10.9. The Morgan fingerprint density at radius 2 is 1.90 bits per heavy atom. The third-order valence-corrected chi connectivity index (χ3v) is 6.84. The summed E-state index contributed by atoms with van der Waals surface area (Å²) in [4.78, 5) is 28.3. The fourth-order valence-corrected chi connectivity index (χ4v) is 5.40. The van der Waals surface area contributed by atoms with E-state index >= 15 is 0 Å². The predicted octanol–water partition coefficient (Wildman–Crippen LogP) is 5.32. The summed E-state index contributed by atoms with van der Waals surface area (Å²) in [6.45, 7) is 0.484. The average molecular weight is 396 g/mol. The Kier molecular flexibility index (Phi) is 4.08. The minimum Gasteiger partial charge on any atom is -0.346 e. The van der Waals surface area contributed by atoms with Crippen molar-refractivity contribution in [3.63, 3.8) is 0 Å². The van der Waals surface area contributed by atoms with Crippen LogP contribution in [0.15, 0.2) is 54.9 Å². The Morgan fingerprint density at radius 3 is 2.80 bits per heavy atom. The number of fused-ring (bicyclic) bond motifs is 4. The van der Waals surface area contributed by atoms with Gasteiger partial charge in [-0.15, -0.1) is 0 Å². The number of nitrogens with one attached hydrogen (secondary N) is 1. The van der Waals surface area contributed by atoms with Crippen LogP contribution in [0, 0.1) is 5.92 Å². The first-order valence-corrected chi connectivity index (χ1v) is 10.9. The molecule has 150 valence electrons. The number of amides is 1. The standard InChI is InChI=1S/C25H24N4O/c30-25-22(17-7-2-1-3-8-17)23-19-12-13-26-24(19)27-14-21(23)29(25)15-18-11-10-16-6-4-5-9-20(16)28-18/h4-6,9-14,17,22H,1-3,7-8,15H2,(H,26,27). The zero-order valence-electron chi connectivity index (χ0n) is 16.8. The van der Waals surface area contributed by atoms with Crippen LogP contribution in [0.1, 0.15) is 49.3 Å². The van der Waals surface area contributed by atoms with Crippen molar-refractivity contribution in [1.82, 2.24) is 15.0 Å². The van der Waals surface area contributed by atoms with Gasteiger partial charge in [0.05, 0.1) is 35.6 Å². The second-order valence-corrected chi connectivity index (χ2v) is 8.59. The van der Waals surface area contributed by atoms with Gasteiger partial charge in [0.15, 0.2) is 0 Å². The maximum absolute atomic E-state index is 13.8. The summed E-state index contributed by atoms with van der Waals surface area (Å²) in [6, 6.07) is 14.3. The number of anilines is 1. The van der Waals surface area contributed by atoms with Crippen LogP contribution in [0.3, 0.4) is 0 Å². The highest BCUT2D eigenvalue weighted by Crippen LogP contribution is 2.48. The van der Waals surface area contributed by atoms with Gasteiger partial charge in [-0.05, 0) is 37.0 Å². The second-order valence-electron chi connectivity index (χ2n) is 8.59. The number of aromatic nitrogens is 3. The lowest BCUT2D eigenvalue weighted by Crippen LogP contribution is -2.32. The Bertz CT molecular complexity index is 1250. The van der Waals surface area contributed by atoms with Crippen molar-refractivity contribution in [2.75, 3.05) is 4.90 Å². The highest BCUT2D eigenvalue weighted by molar-refractivity contribution is 6.09. The van der Waals surface area contributed by atoms with Gasteiger partial charge < -0.3 is 9.88 Å². The minimum absolute atomic E-state index is 0.0675. The number of H-pyrrole nitrogens is 1. The number of carbonyl (C=O) groups excluding carboxylic acids is 1. The molecule has 1 saturated carbocycles. The summed E-state index contributed by atoms with van der Waals surface area (Å²) in [5.41, 5.74) is 4.86. The van der Waals surface area contributed by atoms with E-state index in [1.54, 1.807) is 0 Å².